The van der Waals surface area contributed by atoms with Crippen molar-refractivity contribution in [3.63, 3.8) is 0 Å². The minimum atomic E-state index is -4.29. The van der Waals surface area contributed by atoms with Gasteiger partial charge in [-0.2, -0.15) is 13.2 Å². The summed E-state index contributed by atoms with van der Waals surface area (Å²) in [6.07, 6.45) is -4.29. The third-order valence-electron chi connectivity index (χ3n) is 2.45. The summed E-state index contributed by atoms with van der Waals surface area (Å²) in [6.45, 7) is -0.767. The largest absolute Gasteiger partial charge is 0.411 e. The van der Waals surface area contributed by atoms with Crippen LogP contribution in [-0.2, 0) is 17.9 Å². The highest BCUT2D eigenvalue weighted by Crippen LogP contribution is 2.16. The van der Waals surface area contributed by atoms with E-state index in [-0.39, 0.29) is 6.61 Å². The van der Waals surface area contributed by atoms with Gasteiger partial charge in [-0.25, -0.2) is 0 Å². The first-order valence-electron chi connectivity index (χ1n) is 6.05. The maximum absolute atomic E-state index is 12.0. The first-order chi connectivity index (χ1) is 9.44. The molecule has 0 aliphatic heterocycles. The maximum Gasteiger partial charge on any atom is 0.411 e. The number of ether oxygens (including phenoxy) is 1. The zero-order valence-electron chi connectivity index (χ0n) is 11.4. The van der Waals surface area contributed by atoms with E-state index in [1.165, 1.54) is 0 Å². The molecular formula is C13H18F3N3O. The quantitative estimate of drug-likeness (QED) is 0.644. The third kappa shape index (κ3) is 6.42. The van der Waals surface area contributed by atoms with E-state index in [9.17, 15) is 13.2 Å². The standard InChI is InChI=1S/C13H18F3N3O/c1-17-12(18-2)19-7-10-4-3-5-11(6-10)8-20-9-13(14,15)16/h3-6H,7-9H2,1-2H3,(H2,17,18,19). The van der Waals surface area contributed by atoms with Gasteiger partial charge in [0.25, 0.3) is 0 Å². The van der Waals surface area contributed by atoms with Gasteiger partial charge in [-0.3, -0.25) is 4.99 Å². The Labute approximate surface area is 116 Å². The van der Waals surface area contributed by atoms with Crippen LogP contribution >= 0.6 is 0 Å². The van der Waals surface area contributed by atoms with Gasteiger partial charge in [0.2, 0.25) is 0 Å². The highest BCUT2D eigenvalue weighted by molar-refractivity contribution is 5.79. The SMILES string of the molecule is CN=C(NC)NCc1cccc(COCC(F)(F)F)c1. The molecule has 112 valence electrons. The first kappa shape index (κ1) is 16.3. The Morgan fingerprint density at radius 1 is 1.30 bits per heavy atom. The van der Waals surface area contributed by atoms with Crippen molar-refractivity contribution in [2.24, 2.45) is 4.99 Å². The zero-order valence-corrected chi connectivity index (χ0v) is 11.4. The summed E-state index contributed by atoms with van der Waals surface area (Å²) in [5.74, 6) is 0.642. The predicted molar refractivity (Wildman–Crippen MR) is 71.4 cm³/mol. The number of aliphatic imine (C=N–C) groups is 1. The van der Waals surface area contributed by atoms with Crippen molar-refractivity contribution >= 4 is 5.96 Å². The van der Waals surface area contributed by atoms with Crippen LogP contribution in [0, 0.1) is 0 Å². The Balaban J connectivity index is 2.49. The van der Waals surface area contributed by atoms with Crippen molar-refractivity contribution in [2.75, 3.05) is 20.7 Å². The van der Waals surface area contributed by atoms with E-state index >= 15 is 0 Å². The number of nitrogens with one attached hydrogen (secondary N) is 2. The van der Waals surface area contributed by atoms with E-state index in [2.05, 4.69) is 20.4 Å². The van der Waals surface area contributed by atoms with Crippen molar-refractivity contribution < 1.29 is 17.9 Å². The fraction of sp³-hybridized carbons (Fsp3) is 0.462. The maximum atomic E-state index is 12.0. The minimum Gasteiger partial charge on any atom is -0.367 e. The summed E-state index contributed by atoms with van der Waals surface area (Å²) in [4.78, 5) is 3.97. The molecule has 0 saturated heterocycles. The number of hydrogen-bond donors (Lipinski definition) is 2. The lowest BCUT2D eigenvalue weighted by Gasteiger charge is -2.10. The zero-order chi connectivity index (χ0) is 15.0. The first-order valence-corrected chi connectivity index (χ1v) is 6.05. The van der Waals surface area contributed by atoms with Crippen LogP contribution in [-0.4, -0.2) is 32.8 Å². The molecule has 0 aromatic heterocycles. The lowest BCUT2D eigenvalue weighted by molar-refractivity contribution is -0.176. The lowest BCUT2D eigenvalue weighted by Crippen LogP contribution is -2.34. The van der Waals surface area contributed by atoms with E-state index in [0.29, 0.717) is 18.1 Å². The van der Waals surface area contributed by atoms with E-state index < -0.39 is 12.8 Å². The van der Waals surface area contributed by atoms with Crippen molar-refractivity contribution in [2.45, 2.75) is 19.3 Å². The van der Waals surface area contributed by atoms with Crippen LogP contribution in [0.5, 0.6) is 0 Å². The van der Waals surface area contributed by atoms with Gasteiger partial charge in [0.05, 0.1) is 6.61 Å². The number of hydrogen-bond acceptors (Lipinski definition) is 2. The van der Waals surface area contributed by atoms with Gasteiger partial charge in [0.15, 0.2) is 5.96 Å². The van der Waals surface area contributed by atoms with Crippen molar-refractivity contribution in [3.8, 4) is 0 Å². The monoisotopic (exact) mass is 289 g/mol. The van der Waals surface area contributed by atoms with E-state index in [0.717, 1.165) is 5.56 Å². The molecule has 1 aromatic rings. The summed E-state index contributed by atoms with van der Waals surface area (Å²) in [6, 6.07) is 7.19. The van der Waals surface area contributed by atoms with E-state index in [1.807, 2.05) is 6.07 Å². The lowest BCUT2D eigenvalue weighted by atomic mass is 10.1. The molecule has 1 aromatic carbocycles. The van der Waals surface area contributed by atoms with Gasteiger partial charge in [0.1, 0.15) is 6.61 Å². The molecular weight excluding hydrogens is 271 g/mol. The molecule has 4 nitrogen and oxygen atoms in total. The molecule has 0 atom stereocenters. The number of rotatable bonds is 5. The van der Waals surface area contributed by atoms with Crippen molar-refractivity contribution in [1.29, 1.82) is 0 Å². The van der Waals surface area contributed by atoms with E-state index in [4.69, 9.17) is 0 Å². The molecule has 0 radical (unpaired) electrons. The van der Waals surface area contributed by atoms with E-state index in [1.54, 1.807) is 32.3 Å². The molecule has 0 heterocycles. The average Bonchev–Trinajstić information content (AvgIpc) is 2.39. The van der Waals surface area contributed by atoms with Gasteiger partial charge < -0.3 is 15.4 Å². The average molecular weight is 289 g/mol. The molecule has 0 amide bonds. The molecule has 0 unspecified atom stereocenters. The molecule has 20 heavy (non-hydrogen) atoms. The van der Waals surface area contributed by atoms with Crippen LogP contribution in [0.4, 0.5) is 13.2 Å². The number of benzene rings is 1. The van der Waals surface area contributed by atoms with Crippen molar-refractivity contribution in [3.05, 3.63) is 35.4 Å². The number of alkyl halides is 3. The molecule has 0 spiro atoms. The number of guanidine groups is 1. The van der Waals surface area contributed by atoms with Gasteiger partial charge in [-0.1, -0.05) is 24.3 Å². The normalized spacial score (nSPS) is 12.3. The second-order valence-corrected chi connectivity index (χ2v) is 4.10. The summed E-state index contributed by atoms with van der Waals surface area (Å²) < 4.78 is 40.5. The number of halogens is 3. The number of nitrogens with zero attached hydrogens (tertiary/aromatic N) is 1. The Hall–Kier alpha value is -1.76. The van der Waals surface area contributed by atoms with Gasteiger partial charge >= 0.3 is 6.18 Å². The van der Waals surface area contributed by atoms with Crippen LogP contribution in [0.25, 0.3) is 0 Å². The molecule has 2 N–H and O–H groups in total. The van der Waals surface area contributed by atoms with Crippen LogP contribution in [0.3, 0.4) is 0 Å². The molecule has 1 rings (SSSR count). The summed E-state index contributed by atoms with van der Waals surface area (Å²) in [7, 11) is 3.40. The molecule has 0 fully saturated rings. The third-order valence-corrected chi connectivity index (χ3v) is 2.45. The minimum absolute atomic E-state index is 0.0614. The molecule has 0 saturated carbocycles. The Kier molecular flexibility index (Phi) is 6.30. The smallest absolute Gasteiger partial charge is 0.367 e. The van der Waals surface area contributed by atoms with Crippen LogP contribution in [0.15, 0.2) is 29.3 Å². The summed E-state index contributed by atoms with van der Waals surface area (Å²) in [5.41, 5.74) is 1.64. The van der Waals surface area contributed by atoms with Crippen molar-refractivity contribution in [1.82, 2.24) is 10.6 Å². The Bertz CT molecular complexity index is 447. The fourth-order valence-electron chi connectivity index (χ4n) is 1.58. The molecule has 0 bridgehead atoms. The molecule has 0 aliphatic rings. The summed E-state index contributed by atoms with van der Waals surface area (Å²) >= 11 is 0. The molecule has 0 aliphatic carbocycles. The Morgan fingerprint density at radius 3 is 2.60 bits per heavy atom. The Morgan fingerprint density at radius 2 is 2.00 bits per heavy atom. The van der Waals surface area contributed by atoms with Crippen LogP contribution in [0.2, 0.25) is 0 Å². The van der Waals surface area contributed by atoms with Crippen LogP contribution < -0.4 is 10.6 Å². The summed E-state index contributed by atoms with van der Waals surface area (Å²) in [5, 5.41) is 5.94. The second-order valence-electron chi connectivity index (χ2n) is 4.10. The van der Waals surface area contributed by atoms with Crippen LogP contribution in [0.1, 0.15) is 11.1 Å². The second kappa shape index (κ2) is 7.74. The van der Waals surface area contributed by atoms with Gasteiger partial charge in [-0.05, 0) is 11.1 Å². The fourth-order valence-corrected chi connectivity index (χ4v) is 1.58. The molecule has 7 heteroatoms. The highest BCUT2D eigenvalue weighted by atomic mass is 19.4. The topological polar surface area (TPSA) is 45.7 Å². The predicted octanol–water partition coefficient (Wildman–Crippen LogP) is 2.06. The van der Waals surface area contributed by atoms with Gasteiger partial charge in [-0.15, -0.1) is 0 Å². The van der Waals surface area contributed by atoms with Gasteiger partial charge in [0, 0.05) is 20.6 Å². The highest BCUT2D eigenvalue weighted by Gasteiger charge is 2.27.